The Balaban J connectivity index is 1.91. The van der Waals surface area contributed by atoms with Gasteiger partial charge in [-0.15, -0.1) is 0 Å². The average molecular weight is 380 g/mol. The lowest BCUT2D eigenvalue weighted by Crippen LogP contribution is -2.31. The molecule has 1 amide bonds. The summed E-state index contributed by atoms with van der Waals surface area (Å²) >= 11 is 11.9. The number of carbonyl (C=O) groups is 1. The summed E-state index contributed by atoms with van der Waals surface area (Å²) in [5, 5.41) is 3.83. The van der Waals surface area contributed by atoms with Crippen LogP contribution in [0.4, 0.5) is 0 Å². The van der Waals surface area contributed by atoms with Crippen molar-refractivity contribution >= 4 is 29.1 Å². The first-order chi connectivity index (χ1) is 11.7. The van der Waals surface area contributed by atoms with Gasteiger partial charge in [0.25, 0.3) is 5.91 Å². The van der Waals surface area contributed by atoms with Gasteiger partial charge in [-0.1, -0.05) is 68.2 Å². The van der Waals surface area contributed by atoms with Gasteiger partial charge in [0.2, 0.25) is 0 Å². The van der Waals surface area contributed by atoms with Gasteiger partial charge in [0.05, 0.1) is 11.1 Å². The number of ether oxygens (including phenoxy) is 1. The van der Waals surface area contributed by atoms with E-state index in [2.05, 4.69) is 38.2 Å². The summed E-state index contributed by atoms with van der Waals surface area (Å²) in [6.07, 6.45) is 0. The third kappa shape index (κ3) is 5.65. The monoisotopic (exact) mass is 379 g/mol. The summed E-state index contributed by atoms with van der Waals surface area (Å²) in [6, 6.07) is 13.1. The number of carbonyl (C=O) groups excluding carboxylic acids is 1. The van der Waals surface area contributed by atoms with Gasteiger partial charge in [0.15, 0.2) is 6.61 Å². The Bertz CT molecular complexity index is 736. The second-order valence-electron chi connectivity index (χ2n) is 7.02. The number of halogens is 2. The molecule has 0 radical (unpaired) electrons. The van der Waals surface area contributed by atoms with Crippen molar-refractivity contribution in [3.05, 3.63) is 63.6 Å². The molecule has 2 aromatic carbocycles. The Morgan fingerprint density at radius 3 is 2.32 bits per heavy atom. The summed E-state index contributed by atoms with van der Waals surface area (Å²) < 4.78 is 5.45. The Labute approximate surface area is 159 Å². The van der Waals surface area contributed by atoms with Crippen LogP contribution in [-0.4, -0.2) is 12.5 Å². The van der Waals surface area contributed by atoms with Gasteiger partial charge in [-0.25, -0.2) is 0 Å². The van der Waals surface area contributed by atoms with Crippen LogP contribution in [0.3, 0.4) is 0 Å². The van der Waals surface area contributed by atoms with Crippen molar-refractivity contribution in [2.24, 2.45) is 0 Å². The molecular formula is C20H23Cl2NO2. The van der Waals surface area contributed by atoms with Crippen LogP contribution in [0.15, 0.2) is 42.5 Å². The summed E-state index contributed by atoms with van der Waals surface area (Å²) in [7, 11) is 0. The Kier molecular flexibility index (Phi) is 6.36. The molecule has 0 heterocycles. The quantitative estimate of drug-likeness (QED) is 0.739. The fraction of sp³-hybridized carbons (Fsp3) is 0.350. The zero-order chi connectivity index (χ0) is 18.6. The van der Waals surface area contributed by atoms with Gasteiger partial charge in [-0.2, -0.15) is 0 Å². The fourth-order valence-electron chi connectivity index (χ4n) is 2.37. The minimum atomic E-state index is -0.210. The topological polar surface area (TPSA) is 38.3 Å². The first-order valence-electron chi connectivity index (χ1n) is 8.14. The summed E-state index contributed by atoms with van der Waals surface area (Å²) in [5.74, 6) is 0.224. The zero-order valence-electron chi connectivity index (χ0n) is 14.9. The number of hydrogen-bond acceptors (Lipinski definition) is 2. The van der Waals surface area contributed by atoms with Crippen LogP contribution in [0.5, 0.6) is 5.75 Å². The Morgan fingerprint density at radius 2 is 1.76 bits per heavy atom. The normalized spacial score (nSPS) is 12.6. The number of hydrogen-bond donors (Lipinski definition) is 1. The average Bonchev–Trinajstić information content (AvgIpc) is 2.53. The molecule has 0 aliphatic carbocycles. The molecule has 0 spiro atoms. The summed E-state index contributed by atoms with van der Waals surface area (Å²) in [4.78, 5) is 12.1. The minimum absolute atomic E-state index is 0.105. The van der Waals surface area contributed by atoms with E-state index in [1.165, 1.54) is 5.56 Å². The molecule has 0 aliphatic rings. The first kappa shape index (κ1) is 19.6. The largest absolute Gasteiger partial charge is 0.482 e. The zero-order valence-corrected chi connectivity index (χ0v) is 16.4. The van der Waals surface area contributed by atoms with E-state index in [1.807, 2.05) is 19.1 Å². The second kappa shape index (κ2) is 8.11. The molecule has 0 aromatic heterocycles. The van der Waals surface area contributed by atoms with E-state index < -0.39 is 0 Å². The highest BCUT2D eigenvalue weighted by molar-refractivity contribution is 6.35. The molecule has 1 N–H and O–H groups in total. The highest BCUT2D eigenvalue weighted by Gasteiger charge is 2.15. The molecule has 1 atom stereocenters. The van der Waals surface area contributed by atoms with Crippen molar-refractivity contribution in [1.82, 2.24) is 5.32 Å². The summed E-state index contributed by atoms with van der Waals surface area (Å²) in [6.45, 7) is 8.36. The third-order valence-corrected chi connectivity index (χ3v) is 4.44. The van der Waals surface area contributed by atoms with E-state index in [4.69, 9.17) is 27.9 Å². The predicted molar refractivity (Wildman–Crippen MR) is 104 cm³/mol. The van der Waals surface area contributed by atoms with Crippen LogP contribution in [0, 0.1) is 0 Å². The third-order valence-electron chi connectivity index (χ3n) is 3.91. The van der Waals surface area contributed by atoms with Crippen molar-refractivity contribution in [2.45, 2.75) is 39.2 Å². The standard InChI is InChI=1S/C20H23Cl2NO2/c1-13(14-5-7-15(8-6-14)20(2,3)4)23-19(24)12-25-18-10-9-16(21)11-17(18)22/h5-11,13H,12H2,1-4H3,(H,23,24)/t13-/m1/s1. The smallest absolute Gasteiger partial charge is 0.258 e. The van der Waals surface area contributed by atoms with E-state index in [0.717, 1.165) is 5.56 Å². The second-order valence-corrected chi connectivity index (χ2v) is 7.87. The van der Waals surface area contributed by atoms with Gasteiger partial charge in [0.1, 0.15) is 5.75 Å². The van der Waals surface area contributed by atoms with Crippen LogP contribution in [0.1, 0.15) is 44.9 Å². The lowest BCUT2D eigenvalue weighted by Gasteiger charge is -2.20. The van der Waals surface area contributed by atoms with Crippen molar-refractivity contribution in [3.8, 4) is 5.75 Å². The lowest BCUT2D eigenvalue weighted by atomic mass is 9.86. The Morgan fingerprint density at radius 1 is 1.12 bits per heavy atom. The SMILES string of the molecule is C[C@@H](NC(=O)COc1ccc(Cl)cc1Cl)c1ccc(C(C)(C)C)cc1. The molecule has 0 unspecified atom stereocenters. The highest BCUT2D eigenvalue weighted by Crippen LogP contribution is 2.27. The Hall–Kier alpha value is -1.71. The van der Waals surface area contributed by atoms with E-state index >= 15 is 0 Å². The van der Waals surface area contributed by atoms with E-state index in [-0.39, 0.29) is 24.0 Å². The maximum Gasteiger partial charge on any atom is 0.258 e. The van der Waals surface area contributed by atoms with Crippen LogP contribution in [0.25, 0.3) is 0 Å². The minimum Gasteiger partial charge on any atom is -0.482 e. The van der Waals surface area contributed by atoms with Crippen LogP contribution in [0.2, 0.25) is 10.0 Å². The van der Waals surface area contributed by atoms with E-state index in [0.29, 0.717) is 15.8 Å². The molecule has 0 fully saturated rings. The molecular weight excluding hydrogens is 357 g/mol. The maximum absolute atomic E-state index is 12.1. The van der Waals surface area contributed by atoms with Crippen LogP contribution < -0.4 is 10.1 Å². The number of rotatable bonds is 5. The van der Waals surface area contributed by atoms with Gasteiger partial charge in [-0.05, 0) is 41.7 Å². The molecule has 0 saturated heterocycles. The predicted octanol–water partition coefficient (Wildman–Crippen LogP) is 5.55. The fourth-order valence-corrected chi connectivity index (χ4v) is 2.84. The molecule has 3 nitrogen and oxygen atoms in total. The number of amides is 1. The molecule has 134 valence electrons. The molecule has 5 heteroatoms. The number of benzene rings is 2. The van der Waals surface area contributed by atoms with Crippen molar-refractivity contribution in [3.63, 3.8) is 0 Å². The molecule has 2 aromatic rings. The first-order valence-corrected chi connectivity index (χ1v) is 8.90. The van der Waals surface area contributed by atoms with Gasteiger partial charge in [0, 0.05) is 5.02 Å². The lowest BCUT2D eigenvalue weighted by molar-refractivity contribution is -0.123. The van der Waals surface area contributed by atoms with Crippen molar-refractivity contribution in [1.29, 1.82) is 0 Å². The summed E-state index contributed by atoms with van der Waals surface area (Å²) in [5.41, 5.74) is 2.41. The molecule has 0 aliphatic heterocycles. The number of nitrogens with one attached hydrogen (secondary N) is 1. The molecule has 0 bridgehead atoms. The maximum atomic E-state index is 12.1. The van der Waals surface area contributed by atoms with Gasteiger partial charge < -0.3 is 10.1 Å². The van der Waals surface area contributed by atoms with E-state index in [1.54, 1.807) is 18.2 Å². The molecule has 2 rings (SSSR count). The molecule has 0 saturated carbocycles. The van der Waals surface area contributed by atoms with Crippen molar-refractivity contribution in [2.75, 3.05) is 6.61 Å². The highest BCUT2D eigenvalue weighted by atomic mass is 35.5. The van der Waals surface area contributed by atoms with Crippen molar-refractivity contribution < 1.29 is 9.53 Å². The van der Waals surface area contributed by atoms with Gasteiger partial charge >= 0.3 is 0 Å². The van der Waals surface area contributed by atoms with E-state index in [9.17, 15) is 4.79 Å². The van der Waals surface area contributed by atoms with Gasteiger partial charge in [-0.3, -0.25) is 4.79 Å². The molecule has 25 heavy (non-hydrogen) atoms. The van der Waals surface area contributed by atoms with Crippen LogP contribution in [-0.2, 0) is 10.2 Å². The van der Waals surface area contributed by atoms with Crippen LogP contribution >= 0.6 is 23.2 Å².